The molecule has 0 aliphatic rings. The molecule has 23 heteroatoms. The molecule has 0 rings (SSSR count). The summed E-state index contributed by atoms with van der Waals surface area (Å²) in [5, 5.41) is 81.0. The number of ether oxygens (including phenoxy) is 10. The van der Waals surface area contributed by atoms with E-state index in [0.717, 1.165) is 0 Å². The molecule has 0 aromatic rings. The Bertz CT molecular complexity index is 792. The van der Waals surface area contributed by atoms with E-state index < -0.39 is 35.2 Å². The van der Waals surface area contributed by atoms with E-state index in [4.69, 9.17) is 51.2 Å². The van der Waals surface area contributed by atoms with Crippen LogP contribution in [-0.2, 0) is 47.4 Å². The van der Waals surface area contributed by atoms with Gasteiger partial charge in [-0.15, -0.1) is 0 Å². The van der Waals surface area contributed by atoms with E-state index in [1.54, 1.807) is 0 Å². The third kappa shape index (κ3) is 45.8. The molecule has 20 nitrogen and oxygen atoms in total. The van der Waals surface area contributed by atoms with E-state index in [1.165, 1.54) is 0 Å². The standard InChI is InChI=1S/2C11H20NO5.2C7H14O4.3Rf/c1-12-4-3-5-16-7-11(14)9-17-8-10(13)6-15-2;1-15-6-10(13)8-17-9-11(14)7-16-5-3-2-4-12;2*1-10-5-7(3-8,4-9)6-11-2;;;/h10-11,13-14H,2-9H2;10-11,13-14H,1-3,5-9H2;2*8-9H,1-6H2;;;/q2*-1;2*-2;;;. The number of aliphatic hydroxyl groups excluding tert-OH is 8. The largest absolute Gasteiger partial charge is 0.554 e. The third-order valence-corrected chi connectivity index (χ3v) is 6.59. The summed E-state index contributed by atoms with van der Waals surface area (Å²) in [5.41, 5.74) is -1.55. The summed E-state index contributed by atoms with van der Waals surface area (Å²) < 4.78 is 47.6. The molecule has 0 fully saturated rings. The molecule has 0 bridgehead atoms. The zero-order valence-corrected chi connectivity index (χ0v) is 54.0. The predicted octanol–water partition coefficient (Wildman–Crippen LogP) is -1.14. The van der Waals surface area contributed by atoms with Crippen LogP contribution in [-0.4, -0.2) is 191 Å². The zero-order valence-electron chi connectivity index (χ0n) is 34.8. The smallest absolute Gasteiger partial charge is 0.216 e. The van der Waals surface area contributed by atoms with Gasteiger partial charge in [0.15, 0.2) is 0 Å². The van der Waals surface area contributed by atoms with Gasteiger partial charge >= 0.3 is 0 Å². The molecule has 0 spiro atoms. The minimum absolute atomic E-state index is 0. The van der Waals surface area contributed by atoms with Gasteiger partial charge < -0.3 is 93.1 Å². The van der Waals surface area contributed by atoms with Crippen molar-refractivity contribution in [1.82, 2.24) is 0 Å². The maximum Gasteiger partial charge on any atom is 0.216 e. The second-order valence-electron chi connectivity index (χ2n) is 12.1. The maximum atomic E-state index is 9.41. The molecule has 0 saturated heterocycles. The quantitative estimate of drug-likeness (QED) is 0.0279. The molecule has 342 valence electrons. The Labute approximate surface area is 333 Å². The van der Waals surface area contributed by atoms with Crippen molar-refractivity contribution in [3.05, 3.63) is 54.1 Å². The first-order chi connectivity index (χ1) is 26.9. The van der Waals surface area contributed by atoms with E-state index >= 15 is 0 Å². The van der Waals surface area contributed by atoms with E-state index in [-0.39, 0.29) is 106 Å². The van der Waals surface area contributed by atoms with Gasteiger partial charge in [0, 0.05) is 59.1 Å². The van der Waals surface area contributed by atoms with E-state index in [0.29, 0.717) is 39.0 Å². The summed E-state index contributed by atoms with van der Waals surface area (Å²) >= 11 is 0. The normalized spacial score (nSPS) is 12.7. The van der Waals surface area contributed by atoms with Gasteiger partial charge in [-0.2, -0.15) is 5.26 Å². The Morgan fingerprint density at radius 1 is 0.492 bits per heavy atom. The number of unbranched alkanes of at least 4 members (excludes halogenated alkanes) is 1. The molecule has 4 unspecified atom stereocenters. The van der Waals surface area contributed by atoms with Crippen molar-refractivity contribution in [2.45, 2.75) is 43.7 Å². The van der Waals surface area contributed by atoms with Gasteiger partial charge in [0.05, 0.1) is 102 Å². The number of hydrogen-bond acceptors (Lipinski definition) is 19. The van der Waals surface area contributed by atoms with Crippen LogP contribution in [0.3, 0.4) is 0 Å². The zero-order chi connectivity index (χ0) is 43.4. The van der Waals surface area contributed by atoms with Crippen LogP contribution in [0, 0.1) is 71.4 Å². The monoisotopic (exact) mass is 1620 g/mol. The predicted molar refractivity (Wildman–Crippen MR) is 199 cm³/mol. The Hall–Kier alpha value is -4.74. The van der Waals surface area contributed by atoms with Crippen LogP contribution in [0.4, 0.5) is 0 Å². The van der Waals surface area contributed by atoms with Crippen molar-refractivity contribution in [2.24, 2.45) is 10.8 Å². The fourth-order valence-corrected chi connectivity index (χ4v) is 3.50. The minimum Gasteiger partial charge on any atom is -0.554 e. The number of aliphatic hydroxyl groups is 8. The number of rotatable bonds is 34. The van der Waals surface area contributed by atoms with Crippen LogP contribution >= 0.6 is 0 Å². The van der Waals surface area contributed by atoms with Gasteiger partial charge in [-0.1, -0.05) is 0 Å². The average Bonchev–Trinajstić information content (AvgIpc) is 3.18. The van der Waals surface area contributed by atoms with Crippen LogP contribution in [0.1, 0.15) is 19.3 Å². The first-order valence-corrected chi connectivity index (χ1v) is 17.3. The molecule has 0 amide bonds. The van der Waals surface area contributed by atoms with E-state index in [9.17, 15) is 20.4 Å². The molecule has 0 aliphatic carbocycles. The van der Waals surface area contributed by atoms with Crippen LogP contribution in [0.15, 0.2) is 0 Å². The fraction of sp³-hybridized carbons (Fsp3) is 0.778. The fourth-order valence-electron chi connectivity index (χ4n) is 3.50. The second-order valence-corrected chi connectivity index (χ2v) is 12.1. The Balaban J connectivity index is -0.000000123. The average molecular weight is 1620 g/mol. The maximum absolute atomic E-state index is 9.41. The van der Waals surface area contributed by atoms with Crippen molar-refractivity contribution in [1.29, 1.82) is 5.26 Å². The summed E-state index contributed by atoms with van der Waals surface area (Å²) in [6.07, 6.45) is -1.17. The number of nitrogens with zero attached hydrogens (tertiary/aromatic N) is 2. The molecule has 0 heterocycles. The molecule has 8 N–H and O–H groups in total. The molecule has 0 aliphatic heterocycles. The van der Waals surface area contributed by atoms with Crippen LogP contribution in [0.25, 0.3) is 4.85 Å². The molecule has 0 saturated carbocycles. The molecule has 59 heavy (non-hydrogen) atoms. The molecule has 0 aromatic heterocycles. The van der Waals surface area contributed by atoms with Crippen molar-refractivity contribution in [2.75, 3.05) is 125 Å². The van der Waals surface area contributed by atoms with Crippen LogP contribution < -0.4 is 0 Å². The molecular weight excluding hydrogens is 1550 g/mol. The van der Waals surface area contributed by atoms with Gasteiger partial charge in [-0.25, -0.2) is 49.2 Å². The van der Waals surface area contributed by atoms with Crippen molar-refractivity contribution in [3.63, 3.8) is 0 Å². The number of hydrogen-bond donors (Lipinski definition) is 8. The SMILES string of the molecule is [C-]#[N+]CCCOCC(O)COCC(O)CO[CH2-].[CH2-]OCC(CO)(CO)CO[CH2-].[CH2-]OCC(CO)(CO)CO[CH2-].[CH2-]OCC(O)COCC(O)COCCCC#N.[Rf].[Rf].[Rf]. The van der Waals surface area contributed by atoms with Gasteiger partial charge in [0.25, 0.3) is 0 Å². The van der Waals surface area contributed by atoms with Crippen molar-refractivity contribution < 1.29 is 88.2 Å². The first-order valence-electron chi connectivity index (χ1n) is 17.3. The van der Waals surface area contributed by atoms with Crippen LogP contribution in [0.2, 0.25) is 0 Å². The second kappa shape index (κ2) is 51.3. The van der Waals surface area contributed by atoms with Crippen LogP contribution in [0.5, 0.6) is 0 Å². The molecular formula is C36H68N2O18Rf3-6. The first kappa shape index (κ1) is 68.9. The molecule has 4 atom stereocenters. The van der Waals surface area contributed by atoms with Gasteiger partial charge in [0.1, 0.15) is 12.2 Å². The van der Waals surface area contributed by atoms with E-state index in [1.807, 2.05) is 6.07 Å². The van der Waals surface area contributed by atoms with Crippen molar-refractivity contribution in [3.8, 4) is 6.07 Å². The summed E-state index contributed by atoms with van der Waals surface area (Å²) in [6, 6.07) is 2.00. The van der Waals surface area contributed by atoms with Gasteiger partial charge in [-0.05, 0) is 6.42 Å². The summed E-state index contributed by atoms with van der Waals surface area (Å²) in [5.74, 6) is 0. The topological polar surface area (TPSA) is 282 Å². The molecule has 0 radical (unpaired) electrons. The van der Waals surface area contributed by atoms with Gasteiger partial charge in [0.2, 0.25) is 6.54 Å². The number of nitriles is 1. The summed E-state index contributed by atoms with van der Waals surface area (Å²) in [4.78, 5) is 3.18. The van der Waals surface area contributed by atoms with E-state index in [2.05, 4.69) is 75.9 Å². The van der Waals surface area contributed by atoms with Crippen molar-refractivity contribution >= 4 is 0 Å². The Morgan fingerprint density at radius 2 is 0.780 bits per heavy atom. The summed E-state index contributed by atoms with van der Waals surface area (Å²) in [7, 11) is 18.9. The molecule has 0 aromatic carbocycles. The summed E-state index contributed by atoms with van der Waals surface area (Å²) in [6.45, 7) is 8.51. The Morgan fingerprint density at radius 3 is 1.03 bits per heavy atom. The third-order valence-electron chi connectivity index (χ3n) is 6.59. The minimum atomic E-state index is -0.774. The Kier molecular flexibility index (Phi) is 59.9. The van der Waals surface area contributed by atoms with Gasteiger partial charge in [-0.3, -0.25) is 0 Å².